The molecule has 4 heteroatoms. The number of hydrogen-bond donors (Lipinski definition) is 2. The van der Waals surface area contributed by atoms with Crippen LogP contribution in [0, 0.1) is 10.8 Å². The van der Waals surface area contributed by atoms with Crippen molar-refractivity contribution in [3.05, 3.63) is 11.1 Å². The van der Waals surface area contributed by atoms with Crippen LogP contribution < -0.4 is 0 Å². The van der Waals surface area contributed by atoms with Crippen molar-refractivity contribution in [2.24, 2.45) is 10.8 Å². The van der Waals surface area contributed by atoms with Crippen LogP contribution in [0.5, 0.6) is 0 Å². The third-order valence-corrected chi connectivity index (χ3v) is 2.18. The van der Waals surface area contributed by atoms with E-state index in [1.165, 1.54) is 0 Å². The predicted molar refractivity (Wildman–Crippen MR) is 61.2 cm³/mol. The van der Waals surface area contributed by atoms with Crippen molar-refractivity contribution in [2.45, 2.75) is 41.5 Å². The molecule has 2 N–H and O–H groups in total. The first-order valence-electron chi connectivity index (χ1n) is 5.11. The highest BCUT2D eigenvalue weighted by Gasteiger charge is 2.36. The smallest absolute Gasteiger partial charge is 0.343 e. The maximum Gasteiger partial charge on any atom is 0.343 e. The first-order valence-corrected chi connectivity index (χ1v) is 5.11. The lowest BCUT2D eigenvalue weighted by Crippen LogP contribution is -2.29. The first-order chi connectivity index (χ1) is 6.89. The Balaban J connectivity index is 6.10. The molecule has 16 heavy (non-hydrogen) atoms. The average Bonchev–Trinajstić information content (AvgIpc) is 1.93. The molecule has 4 nitrogen and oxygen atoms in total. The Morgan fingerprint density at radius 3 is 1.06 bits per heavy atom. The summed E-state index contributed by atoms with van der Waals surface area (Å²) in [7, 11) is 0. The van der Waals surface area contributed by atoms with Crippen molar-refractivity contribution >= 4 is 11.9 Å². The summed E-state index contributed by atoms with van der Waals surface area (Å²) in [5, 5.41) is 18.0. The van der Waals surface area contributed by atoms with Crippen molar-refractivity contribution in [3.8, 4) is 0 Å². The van der Waals surface area contributed by atoms with Gasteiger partial charge >= 0.3 is 11.9 Å². The summed E-state index contributed by atoms with van der Waals surface area (Å²) in [6, 6.07) is 0. The molecule has 0 fully saturated rings. The third kappa shape index (κ3) is 3.36. The van der Waals surface area contributed by atoms with E-state index in [0.717, 1.165) is 0 Å². The molecule has 0 amide bonds. The quantitative estimate of drug-likeness (QED) is 0.432. The van der Waals surface area contributed by atoms with E-state index in [2.05, 4.69) is 0 Å². The monoisotopic (exact) mass is 228 g/mol. The van der Waals surface area contributed by atoms with E-state index in [1.54, 1.807) is 0 Å². The van der Waals surface area contributed by atoms with E-state index >= 15 is 0 Å². The van der Waals surface area contributed by atoms with Crippen molar-refractivity contribution in [2.75, 3.05) is 0 Å². The SMILES string of the molecule is CC(C)(C)C(=C(C(=O)O)C(=O)O)C(C)(C)C. The number of carboxylic acid groups (broad SMARTS) is 2. The number of carboxylic acids is 2. The van der Waals surface area contributed by atoms with E-state index in [1.807, 2.05) is 41.5 Å². The highest BCUT2D eigenvalue weighted by Crippen LogP contribution is 2.41. The zero-order valence-electron chi connectivity index (χ0n) is 10.7. The summed E-state index contributed by atoms with van der Waals surface area (Å²) >= 11 is 0. The molecule has 0 unspecified atom stereocenters. The highest BCUT2D eigenvalue weighted by atomic mass is 16.4. The van der Waals surface area contributed by atoms with Gasteiger partial charge in [-0.05, 0) is 16.4 Å². The minimum absolute atomic E-state index is 0.444. The Morgan fingerprint density at radius 1 is 0.750 bits per heavy atom. The van der Waals surface area contributed by atoms with Gasteiger partial charge in [0, 0.05) is 0 Å². The highest BCUT2D eigenvalue weighted by molar-refractivity contribution is 6.13. The summed E-state index contributed by atoms with van der Waals surface area (Å²) in [5.41, 5.74) is -1.06. The Morgan fingerprint density at radius 2 is 1.00 bits per heavy atom. The summed E-state index contributed by atoms with van der Waals surface area (Å²) in [6.45, 7) is 10.9. The molecule has 0 saturated heterocycles. The van der Waals surface area contributed by atoms with E-state index in [0.29, 0.717) is 5.57 Å². The van der Waals surface area contributed by atoms with Crippen LogP contribution in [0.2, 0.25) is 0 Å². The Kier molecular flexibility index (Phi) is 3.92. The van der Waals surface area contributed by atoms with E-state index in [9.17, 15) is 9.59 Å². The summed E-state index contributed by atoms with van der Waals surface area (Å²) in [6.07, 6.45) is 0. The van der Waals surface area contributed by atoms with Gasteiger partial charge in [-0.15, -0.1) is 0 Å². The standard InChI is InChI=1S/C12H20O4/c1-11(2,3)8(12(4,5)6)7(9(13)14)10(15)16/h1-6H3,(H,13,14)(H,15,16). The first kappa shape index (κ1) is 14.7. The molecule has 0 saturated carbocycles. The largest absolute Gasteiger partial charge is 0.477 e. The van der Waals surface area contributed by atoms with Gasteiger partial charge in [-0.1, -0.05) is 41.5 Å². The number of hydrogen-bond acceptors (Lipinski definition) is 2. The molecule has 0 aliphatic rings. The van der Waals surface area contributed by atoms with Crippen molar-refractivity contribution < 1.29 is 19.8 Å². The molecule has 0 aromatic rings. The molecule has 0 aliphatic carbocycles. The van der Waals surface area contributed by atoms with Crippen LogP contribution in [0.25, 0.3) is 0 Å². The molecule has 0 aliphatic heterocycles. The number of aliphatic carboxylic acids is 2. The number of carbonyl (C=O) groups is 2. The van der Waals surface area contributed by atoms with Gasteiger partial charge in [0.25, 0.3) is 0 Å². The zero-order valence-corrected chi connectivity index (χ0v) is 10.7. The second-order valence-corrected chi connectivity index (χ2v) is 5.86. The van der Waals surface area contributed by atoms with Crippen LogP contribution in [0.15, 0.2) is 11.1 Å². The fraction of sp³-hybridized carbons (Fsp3) is 0.667. The zero-order chi connectivity index (χ0) is 13.3. The number of allylic oxidation sites excluding steroid dienone is 1. The van der Waals surface area contributed by atoms with Gasteiger partial charge in [0.2, 0.25) is 0 Å². The fourth-order valence-corrected chi connectivity index (χ4v) is 2.18. The summed E-state index contributed by atoms with van der Waals surface area (Å²) < 4.78 is 0. The number of rotatable bonds is 2. The summed E-state index contributed by atoms with van der Waals surface area (Å²) in [5.74, 6) is -2.76. The molecule has 0 aromatic heterocycles. The molecule has 0 heterocycles. The molecule has 0 rings (SSSR count). The lowest BCUT2D eigenvalue weighted by atomic mass is 9.69. The maximum absolute atomic E-state index is 11.0. The van der Waals surface area contributed by atoms with Gasteiger partial charge in [0.1, 0.15) is 5.57 Å². The molecular weight excluding hydrogens is 208 g/mol. The summed E-state index contributed by atoms with van der Waals surface area (Å²) in [4.78, 5) is 22.1. The van der Waals surface area contributed by atoms with Crippen LogP contribution in [0.4, 0.5) is 0 Å². The molecule has 0 bridgehead atoms. The molecule has 92 valence electrons. The topological polar surface area (TPSA) is 74.6 Å². The van der Waals surface area contributed by atoms with Crippen LogP contribution >= 0.6 is 0 Å². The lowest BCUT2D eigenvalue weighted by Gasteiger charge is -2.34. The Hall–Kier alpha value is -1.32. The Bertz CT molecular complexity index is 305. The minimum atomic E-state index is -1.38. The Labute approximate surface area is 96.0 Å². The predicted octanol–water partition coefficient (Wildman–Crippen LogP) is 2.54. The van der Waals surface area contributed by atoms with Crippen LogP contribution in [-0.4, -0.2) is 22.2 Å². The van der Waals surface area contributed by atoms with Gasteiger partial charge in [-0.25, -0.2) is 9.59 Å². The van der Waals surface area contributed by atoms with Gasteiger partial charge in [-0.2, -0.15) is 0 Å². The second-order valence-electron chi connectivity index (χ2n) is 5.86. The third-order valence-electron chi connectivity index (χ3n) is 2.18. The lowest BCUT2D eigenvalue weighted by molar-refractivity contribution is -0.140. The molecule has 0 aromatic carbocycles. The van der Waals surface area contributed by atoms with Crippen molar-refractivity contribution in [1.29, 1.82) is 0 Å². The molecule has 0 atom stereocenters. The molecule has 0 radical (unpaired) electrons. The molecule has 0 spiro atoms. The second kappa shape index (κ2) is 4.28. The van der Waals surface area contributed by atoms with Crippen molar-refractivity contribution in [3.63, 3.8) is 0 Å². The molecular formula is C12H20O4. The minimum Gasteiger partial charge on any atom is -0.477 e. The van der Waals surface area contributed by atoms with Crippen molar-refractivity contribution in [1.82, 2.24) is 0 Å². The van der Waals surface area contributed by atoms with Gasteiger partial charge in [0.15, 0.2) is 0 Å². The fourth-order valence-electron chi connectivity index (χ4n) is 2.18. The van der Waals surface area contributed by atoms with E-state index in [-0.39, 0.29) is 0 Å². The van der Waals surface area contributed by atoms with Gasteiger partial charge in [0.05, 0.1) is 0 Å². The van der Waals surface area contributed by atoms with Crippen LogP contribution in [-0.2, 0) is 9.59 Å². The van der Waals surface area contributed by atoms with Gasteiger partial charge in [-0.3, -0.25) is 0 Å². The van der Waals surface area contributed by atoms with E-state index < -0.39 is 28.3 Å². The van der Waals surface area contributed by atoms with Gasteiger partial charge < -0.3 is 10.2 Å². The normalized spacial score (nSPS) is 12.1. The van der Waals surface area contributed by atoms with Crippen LogP contribution in [0.3, 0.4) is 0 Å². The maximum atomic E-state index is 11.0. The average molecular weight is 228 g/mol. The van der Waals surface area contributed by atoms with E-state index in [4.69, 9.17) is 10.2 Å². The van der Waals surface area contributed by atoms with Crippen LogP contribution in [0.1, 0.15) is 41.5 Å².